The Morgan fingerprint density at radius 3 is 2.58 bits per heavy atom. The van der Waals surface area contributed by atoms with Crippen molar-refractivity contribution in [2.24, 2.45) is 0 Å². The van der Waals surface area contributed by atoms with E-state index in [9.17, 15) is 4.79 Å². The van der Waals surface area contributed by atoms with Crippen LogP contribution >= 0.6 is 0 Å². The molecule has 0 bridgehead atoms. The van der Waals surface area contributed by atoms with Gasteiger partial charge in [-0.15, -0.1) is 0 Å². The monoisotopic (exact) mass is 417 g/mol. The minimum absolute atomic E-state index is 0.0398. The van der Waals surface area contributed by atoms with Crippen molar-refractivity contribution in [1.29, 1.82) is 0 Å². The second-order valence-corrected chi connectivity index (χ2v) is 8.50. The minimum Gasteiger partial charge on any atom is -0.379 e. The number of hydrogen-bond acceptors (Lipinski definition) is 4. The normalized spacial score (nSPS) is 15.7. The Labute approximate surface area is 184 Å². The average Bonchev–Trinajstić information content (AvgIpc) is 2.78. The van der Waals surface area contributed by atoms with Crippen molar-refractivity contribution in [2.75, 3.05) is 32.8 Å². The maximum atomic E-state index is 13.8. The highest BCUT2D eigenvalue weighted by atomic mass is 16.5. The molecule has 2 heterocycles. The number of carbonyl (C=O) groups excluding carboxylic acids is 1. The predicted octanol–water partition coefficient (Wildman–Crippen LogP) is 4.21. The second-order valence-electron chi connectivity index (χ2n) is 8.50. The lowest BCUT2D eigenvalue weighted by Crippen LogP contribution is -2.48. The summed E-state index contributed by atoms with van der Waals surface area (Å²) in [6, 6.07) is 18.5. The fourth-order valence-corrected chi connectivity index (χ4v) is 4.23. The van der Waals surface area contributed by atoms with Crippen molar-refractivity contribution in [1.82, 2.24) is 14.8 Å². The van der Waals surface area contributed by atoms with Crippen molar-refractivity contribution in [2.45, 2.75) is 33.4 Å². The molecule has 1 fully saturated rings. The number of carbonyl (C=O) groups is 1. The van der Waals surface area contributed by atoms with Crippen LogP contribution in [0.15, 0.2) is 54.6 Å². The summed E-state index contributed by atoms with van der Waals surface area (Å²) in [6.45, 7) is 10.9. The number of hydrogen-bond donors (Lipinski definition) is 0. The number of fused-ring (bicyclic) bond motifs is 1. The molecule has 1 amide bonds. The SMILES string of the molecule is Cc1ccc2nc(C)c(C(=O)N(Cc3ccccc3)C(C)CN3CCOCC3)cc2c1. The zero-order valence-corrected chi connectivity index (χ0v) is 18.7. The summed E-state index contributed by atoms with van der Waals surface area (Å²) >= 11 is 0. The Bertz CT molecular complexity index is 1050. The number of rotatable bonds is 6. The first-order chi connectivity index (χ1) is 15.0. The molecule has 1 saturated heterocycles. The van der Waals surface area contributed by atoms with Crippen molar-refractivity contribution in [3.63, 3.8) is 0 Å². The maximum absolute atomic E-state index is 13.8. The molecule has 31 heavy (non-hydrogen) atoms. The lowest BCUT2D eigenvalue weighted by molar-refractivity contribution is 0.0228. The van der Waals surface area contributed by atoms with Gasteiger partial charge in [-0.1, -0.05) is 42.0 Å². The standard InChI is InChI=1S/C26H31N3O2/c1-19-9-10-25-23(15-19)16-24(21(3)27-25)26(30)29(18-22-7-5-4-6-8-22)20(2)17-28-11-13-31-14-12-28/h4-10,15-16,20H,11-14,17-18H2,1-3H3. The third kappa shape index (κ3) is 5.12. The van der Waals surface area contributed by atoms with E-state index >= 15 is 0 Å². The Morgan fingerprint density at radius 2 is 1.84 bits per heavy atom. The van der Waals surface area contributed by atoms with Crippen LogP contribution in [-0.2, 0) is 11.3 Å². The van der Waals surface area contributed by atoms with Crippen molar-refractivity contribution in [3.05, 3.63) is 77.0 Å². The van der Waals surface area contributed by atoms with Gasteiger partial charge in [0, 0.05) is 37.6 Å². The molecule has 1 atom stereocenters. The number of aromatic nitrogens is 1. The quantitative estimate of drug-likeness (QED) is 0.603. The third-order valence-corrected chi connectivity index (χ3v) is 6.01. The first-order valence-corrected chi connectivity index (χ1v) is 11.0. The van der Waals surface area contributed by atoms with Crippen molar-refractivity contribution in [3.8, 4) is 0 Å². The van der Waals surface area contributed by atoms with Crippen LogP contribution in [0.4, 0.5) is 0 Å². The lowest BCUT2D eigenvalue weighted by atomic mass is 10.0. The highest BCUT2D eigenvalue weighted by Gasteiger charge is 2.26. The van der Waals surface area contributed by atoms with E-state index in [0.29, 0.717) is 12.1 Å². The first kappa shape index (κ1) is 21.5. The zero-order valence-electron chi connectivity index (χ0n) is 18.7. The zero-order chi connectivity index (χ0) is 21.8. The topological polar surface area (TPSA) is 45.7 Å². The number of ether oxygens (including phenoxy) is 1. The Kier molecular flexibility index (Phi) is 6.64. The summed E-state index contributed by atoms with van der Waals surface area (Å²) in [4.78, 5) is 22.9. The lowest BCUT2D eigenvalue weighted by Gasteiger charge is -2.35. The van der Waals surface area contributed by atoms with Crippen molar-refractivity contribution < 1.29 is 9.53 Å². The van der Waals surface area contributed by atoms with Crippen LogP contribution in [-0.4, -0.2) is 59.6 Å². The minimum atomic E-state index is 0.0398. The highest BCUT2D eigenvalue weighted by Crippen LogP contribution is 2.22. The summed E-state index contributed by atoms with van der Waals surface area (Å²) in [7, 11) is 0. The van der Waals surface area contributed by atoms with Gasteiger partial charge in [-0.3, -0.25) is 14.7 Å². The average molecular weight is 418 g/mol. The largest absolute Gasteiger partial charge is 0.379 e. The molecule has 1 aliphatic rings. The predicted molar refractivity (Wildman–Crippen MR) is 124 cm³/mol. The molecule has 3 aromatic rings. The van der Waals surface area contributed by atoms with Gasteiger partial charge in [-0.25, -0.2) is 0 Å². The van der Waals surface area contributed by atoms with Crippen LogP contribution < -0.4 is 0 Å². The summed E-state index contributed by atoms with van der Waals surface area (Å²) in [6.07, 6.45) is 0. The van der Waals surface area contributed by atoms with Gasteiger partial charge in [0.1, 0.15) is 0 Å². The molecule has 0 aliphatic carbocycles. The fourth-order valence-electron chi connectivity index (χ4n) is 4.23. The van der Waals surface area contributed by atoms with E-state index in [1.54, 1.807) is 0 Å². The van der Waals surface area contributed by atoms with Gasteiger partial charge in [0.25, 0.3) is 5.91 Å². The summed E-state index contributed by atoms with van der Waals surface area (Å²) in [5.74, 6) is 0.0398. The van der Waals surface area contributed by atoms with Gasteiger partial charge >= 0.3 is 0 Å². The van der Waals surface area contributed by atoms with Gasteiger partial charge in [0.15, 0.2) is 0 Å². The van der Waals surface area contributed by atoms with Gasteiger partial charge in [0.2, 0.25) is 0 Å². The molecular formula is C26H31N3O2. The van der Waals surface area contributed by atoms with Crippen LogP contribution in [0.3, 0.4) is 0 Å². The van der Waals surface area contributed by atoms with Crippen LogP contribution in [0.5, 0.6) is 0 Å². The summed E-state index contributed by atoms with van der Waals surface area (Å²) < 4.78 is 5.49. The number of amides is 1. The van der Waals surface area contributed by atoms with E-state index < -0.39 is 0 Å². The van der Waals surface area contributed by atoms with Crippen LogP contribution in [0.25, 0.3) is 10.9 Å². The van der Waals surface area contributed by atoms with E-state index in [0.717, 1.165) is 55.0 Å². The third-order valence-electron chi connectivity index (χ3n) is 6.01. The van der Waals surface area contributed by atoms with Crippen LogP contribution in [0, 0.1) is 13.8 Å². The van der Waals surface area contributed by atoms with Gasteiger partial charge < -0.3 is 9.64 Å². The number of pyridine rings is 1. The van der Waals surface area contributed by atoms with Gasteiger partial charge in [0.05, 0.1) is 30.0 Å². The highest BCUT2D eigenvalue weighted by molar-refractivity contribution is 5.98. The van der Waals surface area contributed by atoms with Gasteiger partial charge in [-0.05, 0) is 44.5 Å². The molecule has 4 rings (SSSR count). The Morgan fingerprint density at radius 1 is 1.10 bits per heavy atom. The molecule has 1 aliphatic heterocycles. The van der Waals surface area contributed by atoms with E-state index in [1.165, 1.54) is 5.56 Å². The van der Waals surface area contributed by atoms with E-state index in [1.807, 2.05) is 42.2 Å². The molecule has 5 nitrogen and oxygen atoms in total. The molecule has 2 aromatic carbocycles. The van der Waals surface area contributed by atoms with Crippen LogP contribution in [0.1, 0.15) is 34.1 Å². The first-order valence-electron chi connectivity index (χ1n) is 11.0. The molecule has 0 saturated carbocycles. The molecule has 162 valence electrons. The second kappa shape index (κ2) is 9.58. The molecule has 1 unspecified atom stereocenters. The number of aryl methyl sites for hydroxylation is 2. The molecule has 0 radical (unpaired) electrons. The van der Waals surface area contributed by atoms with E-state index in [4.69, 9.17) is 9.72 Å². The molecule has 0 spiro atoms. The molecule has 5 heteroatoms. The van der Waals surface area contributed by atoms with E-state index in [-0.39, 0.29) is 11.9 Å². The summed E-state index contributed by atoms with van der Waals surface area (Å²) in [5.41, 5.74) is 4.68. The van der Waals surface area contributed by atoms with Crippen LogP contribution in [0.2, 0.25) is 0 Å². The molecular weight excluding hydrogens is 386 g/mol. The summed E-state index contributed by atoms with van der Waals surface area (Å²) in [5, 5.41) is 1.01. The van der Waals surface area contributed by atoms with Gasteiger partial charge in [-0.2, -0.15) is 0 Å². The molecule has 1 aromatic heterocycles. The number of morpholine rings is 1. The number of nitrogens with zero attached hydrogens (tertiary/aromatic N) is 3. The Balaban J connectivity index is 1.65. The maximum Gasteiger partial charge on any atom is 0.256 e. The van der Waals surface area contributed by atoms with Crippen molar-refractivity contribution >= 4 is 16.8 Å². The Hall–Kier alpha value is -2.76. The number of benzene rings is 2. The smallest absolute Gasteiger partial charge is 0.256 e. The fraction of sp³-hybridized carbons (Fsp3) is 0.385. The van der Waals surface area contributed by atoms with E-state index in [2.05, 4.69) is 43.0 Å². The molecule has 0 N–H and O–H groups in total.